The zero-order valence-corrected chi connectivity index (χ0v) is 13.2. The van der Waals surface area contributed by atoms with Gasteiger partial charge in [-0.2, -0.15) is 0 Å². The van der Waals surface area contributed by atoms with Crippen LogP contribution >= 0.6 is 0 Å². The first-order chi connectivity index (χ1) is 10.2. The molecule has 0 saturated heterocycles. The van der Waals surface area contributed by atoms with E-state index in [1.807, 2.05) is 19.1 Å². The van der Waals surface area contributed by atoms with Crippen LogP contribution in [-0.2, 0) is 12.8 Å². The molecule has 0 aliphatic rings. The molecule has 0 amide bonds. The van der Waals surface area contributed by atoms with E-state index in [9.17, 15) is 0 Å². The van der Waals surface area contributed by atoms with Crippen molar-refractivity contribution in [1.29, 1.82) is 0 Å². The summed E-state index contributed by atoms with van der Waals surface area (Å²) in [5.41, 5.74) is 11.5. The van der Waals surface area contributed by atoms with Gasteiger partial charge in [0.2, 0.25) is 0 Å². The lowest BCUT2D eigenvalue weighted by atomic mass is 9.92. The van der Waals surface area contributed by atoms with Gasteiger partial charge >= 0.3 is 0 Å². The molecule has 112 valence electrons. The largest absolute Gasteiger partial charge is 0.494 e. The van der Waals surface area contributed by atoms with Crippen LogP contribution in [0.15, 0.2) is 42.5 Å². The van der Waals surface area contributed by atoms with Crippen LogP contribution in [0, 0.1) is 0 Å². The Labute approximate surface area is 127 Å². The number of ether oxygens (including phenoxy) is 1. The quantitative estimate of drug-likeness (QED) is 0.859. The molecule has 0 aliphatic heterocycles. The summed E-state index contributed by atoms with van der Waals surface area (Å²) in [6, 6.07) is 14.7. The molecule has 0 aromatic heterocycles. The monoisotopic (exact) mass is 283 g/mol. The van der Waals surface area contributed by atoms with E-state index in [1.165, 1.54) is 16.7 Å². The maximum Gasteiger partial charge on any atom is 0.119 e. The summed E-state index contributed by atoms with van der Waals surface area (Å²) in [7, 11) is 0. The number of benzene rings is 2. The Hall–Kier alpha value is -1.80. The second-order valence-electron chi connectivity index (χ2n) is 5.22. The molecule has 0 radical (unpaired) electrons. The van der Waals surface area contributed by atoms with Crippen molar-refractivity contribution in [3.63, 3.8) is 0 Å². The highest BCUT2D eigenvalue weighted by Gasteiger charge is 2.13. The van der Waals surface area contributed by atoms with Crippen LogP contribution in [0.2, 0.25) is 0 Å². The van der Waals surface area contributed by atoms with Crippen molar-refractivity contribution in [2.75, 3.05) is 6.61 Å². The van der Waals surface area contributed by atoms with E-state index in [0.717, 1.165) is 24.2 Å². The van der Waals surface area contributed by atoms with Crippen LogP contribution in [0.3, 0.4) is 0 Å². The first-order valence-electron chi connectivity index (χ1n) is 7.79. The fraction of sp³-hybridized carbons (Fsp3) is 0.368. The molecule has 0 aliphatic carbocycles. The lowest BCUT2D eigenvalue weighted by molar-refractivity contribution is 0.340. The summed E-state index contributed by atoms with van der Waals surface area (Å²) in [6.45, 7) is 7.02. The standard InChI is InChI=1S/C19H25NO/c1-4-14-7-8-15(5-2)18(13-14)19(20)16-9-11-17(12-10-16)21-6-3/h7-13,19H,4-6,20H2,1-3H3. The SMILES string of the molecule is CCOc1ccc(C(N)c2cc(CC)ccc2CC)cc1. The summed E-state index contributed by atoms with van der Waals surface area (Å²) in [5, 5.41) is 0. The molecule has 1 atom stereocenters. The number of aryl methyl sites for hydroxylation is 2. The number of hydrogen-bond acceptors (Lipinski definition) is 2. The first-order valence-corrected chi connectivity index (χ1v) is 7.79. The molecule has 0 bridgehead atoms. The van der Waals surface area contributed by atoms with Crippen molar-refractivity contribution in [2.24, 2.45) is 5.73 Å². The van der Waals surface area contributed by atoms with Crippen molar-refractivity contribution in [1.82, 2.24) is 0 Å². The Morgan fingerprint density at radius 2 is 1.67 bits per heavy atom. The fourth-order valence-corrected chi connectivity index (χ4v) is 2.59. The summed E-state index contributed by atoms with van der Waals surface area (Å²) >= 11 is 0. The Kier molecular flexibility index (Phi) is 5.40. The van der Waals surface area contributed by atoms with Gasteiger partial charge in [0, 0.05) is 0 Å². The van der Waals surface area contributed by atoms with Crippen LogP contribution in [0.25, 0.3) is 0 Å². The minimum atomic E-state index is -0.0814. The highest BCUT2D eigenvalue weighted by Crippen LogP contribution is 2.26. The van der Waals surface area contributed by atoms with Crippen molar-refractivity contribution >= 4 is 0 Å². The molecule has 21 heavy (non-hydrogen) atoms. The smallest absolute Gasteiger partial charge is 0.119 e. The molecule has 1 unspecified atom stereocenters. The zero-order chi connectivity index (χ0) is 15.2. The van der Waals surface area contributed by atoms with Crippen molar-refractivity contribution < 1.29 is 4.74 Å². The van der Waals surface area contributed by atoms with Gasteiger partial charge in [0.15, 0.2) is 0 Å². The Balaban J connectivity index is 2.31. The average molecular weight is 283 g/mol. The second-order valence-corrected chi connectivity index (χ2v) is 5.22. The summed E-state index contributed by atoms with van der Waals surface area (Å²) in [6.07, 6.45) is 2.04. The van der Waals surface area contributed by atoms with Gasteiger partial charge in [0.1, 0.15) is 5.75 Å². The molecule has 0 heterocycles. The molecule has 2 rings (SSSR count). The normalized spacial score (nSPS) is 12.2. The summed E-state index contributed by atoms with van der Waals surface area (Å²) in [5.74, 6) is 0.895. The number of nitrogens with two attached hydrogens (primary N) is 1. The maximum atomic E-state index is 6.50. The topological polar surface area (TPSA) is 35.2 Å². The molecule has 2 N–H and O–H groups in total. The molecule has 0 fully saturated rings. The van der Waals surface area contributed by atoms with E-state index in [-0.39, 0.29) is 6.04 Å². The van der Waals surface area contributed by atoms with E-state index < -0.39 is 0 Å². The van der Waals surface area contributed by atoms with E-state index in [2.05, 4.69) is 44.2 Å². The Bertz CT molecular complexity index is 575. The van der Waals surface area contributed by atoms with E-state index in [0.29, 0.717) is 6.61 Å². The fourth-order valence-electron chi connectivity index (χ4n) is 2.59. The van der Waals surface area contributed by atoms with Crippen molar-refractivity contribution in [3.05, 3.63) is 64.7 Å². The van der Waals surface area contributed by atoms with E-state index >= 15 is 0 Å². The van der Waals surface area contributed by atoms with Crippen LogP contribution in [0.5, 0.6) is 5.75 Å². The number of rotatable bonds is 6. The van der Waals surface area contributed by atoms with Crippen LogP contribution < -0.4 is 10.5 Å². The van der Waals surface area contributed by atoms with Crippen LogP contribution in [0.4, 0.5) is 0 Å². The molecule has 2 heteroatoms. The van der Waals surface area contributed by atoms with Gasteiger partial charge in [-0.1, -0.05) is 44.2 Å². The van der Waals surface area contributed by atoms with E-state index in [4.69, 9.17) is 10.5 Å². The van der Waals surface area contributed by atoms with Gasteiger partial charge in [-0.15, -0.1) is 0 Å². The second kappa shape index (κ2) is 7.28. The predicted molar refractivity (Wildman–Crippen MR) is 88.8 cm³/mol. The zero-order valence-electron chi connectivity index (χ0n) is 13.2. The highest BCUT2D eigenvalue weighted by atomic mass is 16.5. The minimum absolute atomic E-state index is 0.0814. The summed E-state index contributed by atoms with van der Waals surface area (Å²) < 4.78 is 5.49. The van der Waals surface area contributed by atoms with Gasteiger partial charge < -0.3 is 10.5 Å². The number of hydrogen-bond donors (Lipinski definition) is 1. The third-order valence-corrected chi connectivity index (χ3v) is 3.88. The molecular weight excluding hydrogens is 258 g/mol. The lowest BCUT2D eigenvalue weighted by Gasteiger charge is -2.18. The predicted octanol–water partition coefficient (Wildman–Crippen LogP) is 4.26. The van der Waals surface area contributed by atoms with Gasteiger partial charge in [-0.25, -0.2) is 0 Å². The molecule has 2 aromatic rings. The van der Waals surface area contributed by atoms with Crippen molar-refractivity contribution in [3.8, 4) is 5.75 Å². The lowest BCUT2D eigenvalue weighted by Crippen LogP contribution is -2.14. The Morgan fingerprint density at radius 1 is 0.952 bits per heavy atom. The third kappa shape index (κ3) is 3.64. The molecule has 2 nitrogen and oxygen atoms in total. The minimum Gasteiger partial charge on any atom is -0.494 e. The van der Waals surface area contributed by atoms with Crippen LogP contribution in [-0.4, -0.2) is 6.61 Å². The molecular formula is C19H25NO. The highest BCUT2D eigenvalue weighted by molar-refractivity contribution is 5.41. The van der Waals surface area contributed by atoms with Gasteiger partial charge in [-0.05, 0) is 54.2 Å². The van der Waals surface area contributed by atoms with Crippen molar-refractivity contribution in [2.45, 2.75) is 39.7 Å². The first kappa shape index (κ1) is 15.6. The molecule has 0 spiro atoms. The third-order valence-electron chi connectivity index (χ3n) is 3.88. The van der Waals surface area contributed by atoms with E-state index in [1.54, 1.807) is 0 Å². The average Bonchev–Trinajstić information content (AvgIpc) is 2.54. The molecule has 2 aromatic carbocycles. The molecule has 0 saturated carbocycles. The summed E-state index contributed by atoms with van der Waals surface area (Å²) in [4.78, 5) is 0. The Morgan fingerprint density at radius 3 is 2.24 bits per heavy atom. The van der Waals surface area contributed by atoms with Gasteiger partial charge in [-0.3, -0.25) is 0 Å². The van der Waals surface area contributed by atoms with Gasteiger partial charge in [0.25, 0.3) is 0 Å². The maximum absolute atomic E-state index is 6.50. The van der Waals surface area contributed by atoms with Crippen LogP contribution in [0.1, 0.15) is 49.1 Å². The van der Waals surface area contributed by atoms with Gasteiger partial charge in [0.05, 0.1) is 12.6 Å².